The maximum atomic E-state index is 10.7. The van der Waals surface area contributed by atoms with Gasteiger partial charge in [-0.05, 0) is 17.0 Å². The minimum absolute atomic E-state index is 0.179. The average molecular weight is 402 g/mol. The highest BCUT2D eigenvalue weighted by Crippen LogP contribution is 2.25. The van der Waals surface area contributed by atoms with Crippen LogP contribution in [0.5, 0.6) is 0 Å². The molecule has 0 atom stereocenters. The van der Waals surface area contributed by atoms with Crippen LogP contribution < -0.4 is 0 Å². The highest BCUT2D eigenvalue weighted by Gasteiger charge is 2.15. The van der Waals surface area contributed by atoms with Crippen LogP contribution in [-0.2, 0) is 14.9 Å². The molecule has 0 saturated carbocycles. The SMILES string of the molecule is C[N+](C)(CC#CCOC(c1ccccc1)c1ccccc1)CCCS(=O)(=O)[O-]. The van der Waals surface area contributed by atoms with E-state index in [2.05, 4.69) is 11.8 Å². The van der Waals surface area contributed by atoms with Crippen LogP contribution in [0.4, 0.5) is 0 Å². The Morgan fingerprint density at radius 2 is 1.50 bits per heavy atom. The summed E-state index contributed by atoms with van der Waals surface area (Å²) in [5.41, 5.74) is 2.15. The molecule has 2 aromatic rings. The third-order valence-corrected chi connectivity index (χ3v) is 5.11. The molecule has 0 aliphatic rings. The van der Waals surface area contributed by atoms with Crippen LogP contribution in [0.1, 0.15) is 23.7 Å². The Hall–Kier alpha value is -2.17. The highest BCUT2D eigenvalue weighted by molar-refractivity contribution is 7.85. The second-order valence-corrected chi connectivity index (χ2v) is 8.82. The molecule has 0 N–H and O–H groups in total. The van der Waals surface area contributed by atoms with Gasteiger partial charge in [0.05, 0.1) is 30.8 Å². The smallest absolute Gasteiger partial charge is 0.140 e. The second-order valence-electron chi connectivity index (χ2n) is 7.30. The van der Waals surface area contributed by atoms with Crippen LogP contribution in [0.25, 0.3) is 0 Å². The van der Waals surface area contributed by atoms with E-state index in [1.165, 1.54) is 0 Å². The molecule has 5 nitrogen and oxygen atoms in total. The molecule has 6 heteroatoms. The van der Waals surface area contributed by atoms with Crippen molar-refractivity contribution in [2.75, 3.05) is 39.5 Å². The lowest BCUT2D eigenvalue weighted by Gasteiger charge is -2.27. The van der Waals surface area contributed by atoms with E-state index in [1.807, 2.05) is 74.8 Å². The van der Waals surface area contributed by atoms with Crippen LogP contribution >= 0.6 is 0 Å². The van der Waals surface area contributed by atoms with E-state index in [0.29, 0.717) is 30.6 Å². The summed E-state index contributed by atoms with van der Waals surface area (Å²) in [6.07, 6.45) is 0.155. The van der Waals surface area contributed by atoms with Gasteiger partial charge >= 0.3 is 0 Å². The van der Waals surface area contributed by atoms with Crippen molar-refractivity contribution in [1.29, 1.82) is 0 Å². The van der Waals surface area contributed by atoms with Crippen molar-refractivity contribution in [3.05, 3.63) is 71.8 Å². The predicted octanol–water partition coefficient (Wildman–Crippen LogP) is 2.81. The first-order valence-electron chi connectivity index (χ1n) is 9.20. The molecule has 0 spiro atoms. The first-order valence-corrected chi connectivity index (χ1v) is 10.8. The van der Waals surface area contributed by atoms with Crippen LogP contribution in [0.15, 0.2) is 60.7 Å². The van der Waals surface area contributed by atoms with Gasteiger partial charge in [-0.25, -0.2) is 8.42 Å². The summed E-state index contributed by atoms with van der Waals surface area (Å²) in [5, 5.41) is 0. The molecule has 2 rings (SSSR count). The summed E-state index contributed by atoms with van der Waals surface area (Å²) in [4.78, 5) is 0. The first kappa shape index (κ1) is 22.1. The Balaban J connectivity index is 1.91. The van der Waals surface area contributed by atoms with Gasteiger partial charge in [-0.15, -0.1) is 0 Å². The van der Waals surface area contributed by atoms with Gasteiger partial charge in [0, 0.05) is 12.2 Å². The lowest BCUT2D eigenvalue weighted by atomic mass is 10.0. The van der Waals surface area contributed by atoms with E-state index in [9.17, 15) is 13.0 Å². The minimum Gasteiger partial charge on any atom is -0.748 e. The zero-order chi connectivity index (χ0) is 20.5. The lowest BCUT2D eigenvalue weighted by Crippen LogP contribution is -2.41. The van der Waals surface area contributed by atoms with Gasteiger partial charge in [-0.2, -0.15) is 0 Å². The van der Waals surface area contributed by atoms with Crippen molar-refractivity contribution in [1.82, 2.24) is 0 Å². The Bertz CT molecular complexity index is 845. The van der Waals surface area contributed by atoms with E-state index in [0.717, 1.165) is 11.1 Å². The molecule has 0 aromatic heterocycles. The standard InChI is InChI=1S/C22H27NO4S/c1-23(2,17-11-19-28(24,25)26)16-9-10-18-27-22(20-12-5-3-6-13-20)21-14-7-4-8-15-21/h3-8,12-15,22H,11,16-19H2,1-2H3. The lowest BCUT2D eigenvalue weighted by molar-refractivity contribution is -0.883. The van der Waals surface area contributed by atoms with Crippen molar-refractivity contribution < 1.29 is 22.2 Å². The topological polar surface area (TPSA) is 66.4 Å². The average Bonchev–Trinajstić information content (AvgIpc) is 2.65. The molecule has 28 heavy (non-hydrogen) atoms. The van der Waals surface area contributed by atoms with Crippen molar-refractivity contribution in [2.45, 2.75) is 12.5 Å². The van der Waals surface area contributed by atoms with Crippen LogP contribution in [0, 0.1) is 11.8 Å². The second kappa shape index (κ2) is 10.4. The molecule has 0 fully saturated rings. The first-order chi connectivity index (χ1) is 13.3. The maximum Gasteiger partial charge on any atom is 0.140 e. The van der Waals surface area contributed by atoms with Crippen molar-refractivity contribution in [3.8, 4) is 11.8 Å². The predicted molar refractivity (Wildman–Crippen MR) is 109 cm³/mol. The van der Waals surface area contributed by atoms with E-state index < -0.39 is 10.1 Å². The normalized spacial score (nSPS) is 11.9. The monoisotopic (exact) mass is 401 g/mol. The van der Waals surface area contributed by atoms with Gasteiger partial charge in [0.15, 0.2) is 0 Å². The molecular weight excluding hydrogens is 374 g/mol. The van der Waals surface area contributed by atoms with Gasteiger partial charge in [-0.1, -0.05) is 66.6 Å². The van der Waals surface area contributed by atoms with E-state index in [4.69, 9.17) is 4.74 Å². The molecule has 0 bridgehead atoms. The third kappa shape index (κ3) is 8.24. The van der Waals surface area contributed by atoms with Crippen LogP contribution in [-0.4, -0.2) is 57.0 Å². The molecule has 0 heterocycles. The third-order valence-electron chi connectivity index (χ3n) is 4.32. The van der Waals surface area contributed by atoms with Gasteiger partial charge in [0.2, 0.25) is 0 Å². The molecule has 150 valence electrons. The zero-order valence-corrected chi connectivity index (χ0v) is 17.2. The molecule has 0 amide bonds. The number of hydrogen-bond acceptors (Lipinski definition) is 4. The van der Waals surface area contributed by atoms with Gasteiger partial charge in [-0.3, -0.25) is 0 Å². The van der Waals surface area contributed by atoms with Crippen LogP contribution in [0.2, 0.25) is 0 Å². The Labute approximate surface area is 168 Å². The van der Waals surface area contributed by atoms with Crippen molar-refractivity contribution in [3.63, 3.8) is 0 Å². The number of benzene rings is 2. The maximum absolute atomic E-state index is 10.7. The Kier molecular flexibility index (Phi) is 8.21. The fourth-order valence-corrected chi connectivity index (χ4v) is 3.32. The van der Waals surface area contributed by atoms with Crippen molar-refractivity contribution >= 4 is 10.1 Å². The van der Waals surface area contributed by atoms with Gasteiger partial charge in [0.1, 0.15) is 19.3 Å². The molecule has 0 aliphatic carbocycles. The summed E-state index contributed by atoms with van der Waals surface area (Å²) in [6, 6.07) is 20.1. The zero-order valence-electron chi connectivity index (χ0n) is 16.4. The van der Waals surface area contributed by atoms with E-state index >= 15 is 0 Å². The Morgan fingerprint density at radius 3 is 2.00 bits per heavy atom. The number of rotatable bonds is 9. The summed E-state index contributed by atoms with van der Waals surface area (Å²) in [6.45, 7) is 1.43. The summed E-state index contributed by atoms with van der Waals surface area (Å²) < 4.78 is 38.7. The fraction of sp³-hybridized carbons (Fsp3) is 0.364. The number of ether oxygens (including phenoxy) is 1. The van der Waals surface area contributed by atoms with E-state index in [1.54, 1.807) is 0 Å². The molecule has 0 aliphatic heterocycles. The van der Waals surface area contributed by atoms with Crippen LogP contribution in [0.3, 0.4) is 0 Å². The molecular formula is C22H27NO4S. The fourth-order valence-electron chi connectivity index (χ4n) is 2.83. The Morgan fingerprint density at radius 1 is 0.964 bits per heavy atom. The number of quaternary nitrogens is 1. The number of hydrogen-bond donors (Lipinski definition) is 0. The van der Waals surface area contributed by atoms with Crippen molar-refractivity contribution in [2.24, 2.45) is 0 Å². The van der Waals surface area contributed by atoms with E-state index in [-0.39, 0.29) is 11.9 Å². The molecule has 0 saturated heterocycles. The highest BCUT2D eigenvalue weighted by atomic mass is 32.2. The summed E-state index contributed by atoms with van der Waals surface area (Å²) in [5.74, 6) is 5.82. The summed E-state index contributed by atoms with van der Waals surface area (Å²) >= 11 is 0. The molecule has 0 unspecified atom stereocenters. The minimum atomic E-state index is -4.15. The molecule has 0 radical (unpaired) electrons. The number of nitrogens with zero attached hydrogens (tertiary/aromatic N) is 1. The van der Waals surface area contributed by atoms with Gasteiger partial charge in [0.25, 0.3) is 0 Å². The molecule has 2 aromatic carbocycles. The quantitative estimate of drug-likeness (QED) is 0.368. The summed E-state index contributed by atoms with van der Waals surface area (Å²) in [7, 11) is -0.230. The largest absolute Gasteiger partial charge is 0.748 e. The van der Waals surface area contributed by atoms with Gasteiger partial charge < -0.3 is 13.8 Å².